The number of nitrogens with one attached hydrogen (secondary N) is 1. The van der Waals surface area contributed by atoms with Gasteiger partial charge in [-0.2, -0.15) is 0 Å². The fraction of sp³-hybridized carbons (Fsp3) is 0.750. The predicted octanol–water partition coefficient (Wildman–Crippen LogP) is -0.774. The van der Waals surface area contributed by atoms with Crippen LogP contribution in [0.15, 0.2) is 0 Å². The lowest BCUT2D eigenvalue weighted by atomic mass is 10.3. The van der Waals surface area contributed by atoms with Crippen molar-refractivity contribution in [3.8, 4) is 0 Å². The summed E-state index contributed by atoms with van der Waals surface area (Å²) in [5.41, 5.74) is 0. The van der Waals surface area contributed by atoms with E-state index in [0.29, 0.717) is 0 Å². The Morgan fingerprint density at radius 1 is 1.46 bits per heavy atom. The molecule has 0 aliphatic carbocycles. The zero-order chi connectivity index (χ0) is 10.4. The summed E-state index contributed by atoms with van der Waals surface area (Å²) in [6.07, 6.45) is -0.519. The molecule has 0 aliphatic heterocycles. The Kier molecular flexibility index (Phi) is 5.06. The first-order valence-corrected chi connectivity index (χ1v) is 3.99. The second kappa shape index (κ2) is 5.53. The van der Waals surface area contributed by atoms with Crippen molar-refractivity contribution < 1.29 is 14.3 Å². The molecule has 0 heterocycles. The average molecular weight is 188 g/mol. The molecule has 76 valence electrons. The van der Waals surface area contributed by atoms with E-state index in [1.807, 2.05) is 0 Å². The third kappa shape index (κ3) is 4.47. The molecule has 0 aromatic carbocycles. The lowest BCUT2D eigenvalue weighted by Crippen LogP contribution is -2.40. The first-order chi connectivity index (χ1) is 5.99. The Morgan fingerprint density at radius 3 is 2.38 bits per heavy atom. The predicted molar refractivity (Wildman–Crippen MR) is 48.2 cm³/mol. The quantitative estimate of drug-likeness (QED) is 0.630. The molecule has 0 spiro atoms. The molecule has 0 aromatic heterocycles. The summed E-state index contributed by atoms with van der Waals surface area (Å²) in [5, 5.41) is 2.46. The van der Waals surface area contributed by atoms with Gasteiger partial charge in [-0.15, -0.1) is 0 Å². The highest BCUT2D eigenvalue weighted by Gasteiger charge is 2.12. The number of nitrogens with zero attached hydrogens (tertiary/aromatic N) is 1. The van der Waals surface area contributed by atoms with Crippen LogP contribution in [0.4, 0.5) is 0 Å². The molecule has 1 unspecified atom stereocenters. The molecule has 2 amide bonds. The minimum Gasteiger partial charge on any atom is -0.372 e. The topological polar surface area (TPSA) is 58.6 Å². The molecule has 5 nitrogen and oxygen atoms in total. The summed E-state index contributed by atoms with van der Waals surface area (Å²) in [6, 6.07) is 0. The lowest BCUT2D eigenvalue weighted by Gasteiger charge is -2.13. The maximum absolute atomic E-state index is 11.1. The number of ether oxygens (including phenoxy) is 1. The zero-order valence-corrected chi connectivity index (χ0v) is 8.46. The van der Waals surface area contributed by atoms with Crippen LogP contribution in [0.1, 0.15) is 6.92 Å². The smallest absolute Gasteiger partial charge is 0.249 e. The molecule has 0 bridgehead atoms. The summed E-state index contributed by atoms with van der Waals surface area (Å²) in [4.78, 5) is 23.5. The van der Waals surface area contributed by atoms with Crippen LogP contribution in [0.5, 0.6) is 0 Å². The van der Waals surface area contributed by atoms with Crippen molar-refractivity contribution >= 4 is 11.8 Å². The minimum absolute atomic E-state index is 0.0134. The van der Waals surface area contributed by atoms with Crippen LogP contribution in [-0.2, 0) is 14.3 Å². The maximum atomic E-state index is 11.1. The fourth-order valence-corrected chi connectivity index (χ4v) is 0.572. The third-order valence-electron chi connectivity index (χ3n) is 1.64. The molecule has 0 saturated heterocycles. The average Bonchev–Trinajstić information content (AvgIpc) is 2.11. The van der Waals surface area contributed by atoms with Gasteiger partial charge in [-0.05, 0) is 6.92 Å². The van der Waals surface area contributed by atoms with Gasteiger partial charge in [0.05, 0.1) is 6.54 Å². The van der Waals surface area contributed by atoms with E-state index in [9.17, 15) is 9.59 Å². The molecule has 0 radical (unpaired) electrons. The largest absolute Gasteiger partial charge is 0.372 e. The van der Waals surface area contributed by atoms with Crippen molar-refractivity contribution in [1.29, 1.82) is 0 Å². The molecule has 0 aliphatic rings. The van der Waals surface area contributed by atoms with Gasteiger partial charge >= 0.3 is 0 Å². The number of hydrogen-bond acceptors (Lipinski definition) is 3. The Balaban J connectivity index is 3.77. The number of amides is 2. The van der Waals surface area contributed by atoms with E-state index in [0.717, 1.165) is 0 Å². The first kappa shape index (κ1) is 11.9. The number of carbonyl (C=O) groups excluding carboxylic acids is 2. The lowest BCUT2D eigenvalue weighted by molar-refractivity contribution is -0.134. The first-order valence-electron chi connectivity index (χ1n) is 3.99. The molecule has 0 fully saturated rings. The van der Waals surface area contributed by atoms with Gasteiger partial charge in [0.1, 0.15) is 6.10 Å². The highest BCUT2D eigenvalue weighted by molar-refractivity contribution is 5.86. The van der Waals surface area contributed by atoms with E-state index >= 15 is 0 Å². The molecule has 0 rings (SSSR count). The Morgan fingerprint density at radius 2 is 2.00 bits per heavy atom. The highest BCUT2D eigenvalue weighted by Crippen LogP contribution is 1.86. The SMILES string of the molecule is COC(C)C(=O)NCC(=O)N(C)C. The van der Waals surface area contributed by atoms with E-state index in [-0.39, 0.29) is 18.4 Å². The van der Waals surface area contributed by atoms with E-state index in [1.54, 1.807) is 21.0 Å². The molecule has 1 N–H and O–H groups in total. The van der Waals surface area contributed by atoms with Gasteiger partial charge in [-0.25, -0.2) is 0 Å². The molecule has 1 atom stereocenters. The van der Waals surface area contributed by atoms with E-state index in [1.165, 1.54) is 12.0 Å². The second-order valence-electron chi connectivity index (χ2n) is 2.88. The number of methoxy groups -OCH3 is 1. The van der Waals surface area contributed by atoms with Gasteiger partial charge in [-0.1, -0.05) is 0 Å². The molecular weight excluding hydrogens is 172 g/mol. The highest BCUT2D eigenvalue weighted by atomic mass is 16.5. The summed E-state index contributed by atoms with van der Waals surface area (Å²) >= 11 is 0. The van der Waals surface area contributed by atoms with Crippen LogP contribution in [0, 0.1) is 0 Å². The van der Waals surface area contributed by atoms with Gasteiger partial charge < -0.3 is 15.0 Å². The van der Waals surface area contributed by atoms with Gasteiger partial charge in [0.15, 0.2) is 0 Å². The van der Waals surface area contributed by atoms with Gasteiger partial charge in [0.25, 0.3) is 0 Å². The Bertz CT molecular complexity index is 192. The number of likely N-dealkylation sites (N-methyl/N-ethyl adjacent to an activating group) is 1. The number of carbonyl (C=O) groups is 2. The maximum Gasteiger partial charge on any atom is 0.249 e. The van der Waals surface area contributed by atoms with Crippen molar-refractivity contribution in [3.63, 3.8) is 0 Å². The fourth-order valence-electron chi connectivity index (χ4n) is 0.572. The van der Waals surface area contributed by atoms with E-state index in [4.69, 9.17) is 4.74 Å². The molecule has 0 aromatic rings. The van der Waals surface area contributed by atoms with Crippen LogP contribution in [-0.4, -0.2) is 50.6 Å². The standard InChI is InChI=1S/C8H16N2O3/c1-6(13-4)8(12)9-5-7(11)10(2)3/h6H,5H2,1-4H3,(H,9,12). The Hall–Kier alpha value is -1.10. The monoisotopic (exact) mass is 188 g/mol. The van der Waals surface area contributed by atoms with Crippen LogP contribution in [0.25, 0.3) is 0 Å². The van der Waals surface area contributed by atoms with Crippen molar-refractivity contribution in [1.82, 2.24) is 10.2 Å². The Labute approximate surface area is 78.0 Å². The van der Waals surface area contributed by atoms with Crippen LogP contribution in [0.2, 0.25) is 0 Å². The summed E-state index contributed by atoms with van der Waals surface area (Å²) in [7, 11) is 4.71. The molecule has 13 heavy (non-hydrogen) atoms. The van der Waals surface area contributed by atoms with Crippen LogP contribution >= 0.6 is 0 Å². The van der Waals surface area contributed by atoms with E-state index < -0.39 is 6.10 Å². The normalized spacial score (nSPS) is 12.0. The third-order valence-corrected chi connectivity index (χ3v) is 1.64. The summed E-state index contributed by atoms with van der Waals surface area (Å²) < 4.78 is 4.77. The van der Waals surface area contributed by atoms with E-state index in [2.05, 4.69) is 5.32 Å². The second-order valence-corrected chi connectivity index (χ2v) is 2.88. The van der Waals surface area contributed by atoms with Crippen molar-refractivity contribution in [2.24, 2.45) is 0 Å². The zero-order valence-electron chi connectivity index (χ0n) is 8.46. The summed E-state index contributed by atoms with van der Waals surface area (Å²) in [6.45, 7) is 1.63. The number of rotatable bonds is 4. The van der Waals surface area contributed by atoms with Gasteiger partial charge in [0, 0.05) is 21.2 Å². The van der Waals surface area contributed by atoms with Gasteiger partial charge in [-0.3, -0.25) is 9.59 Å². The van der Waals surface area contributed by atoms with Crippen LogP contribution in [0.3, 0.4) is 0 Å². The molecule has 5 heteroatoms. The minimum atomic E-state index is -0.519. The van der Waals surface area contributed by atoms with Crippen molar-refractivity contribution in [3.05, 3.63) is 0 Å². The van der Waals surface area contributed by atoms with Crippen molar-refractivity contribution in [2.75, 3.05) is 27.7 Å². The molecular formula is C8H16N2O3. The molecule has 0 saturated carbocycles. The summed E-state index contributed by atoms with van der Waals surface area (Å²) in [5.74, 6) is -0.422. The van der Waals surface area contributed by atoms with Crippen LogP contribution < -0.4 is 5.32 Å². The van der Waals surface area contributed by atoms with Gasteiger partial charge in [0.2, 0.25) is 11.8 Å². The van der Waals surface area contributed by atoms with Crippen molar-refractivity contribution in [2.45, 2.75) is 13.0 Å². The number of hydrogen-bond donors (Lipinski definition) is 1.